The Morgan fingerprint density at radius 1 is 1.24 bits per heavy atom. The van der Waals surface area contributed by atoms with Crippen LogP contribution in [0.3, 0.4) is 0 Å². The number of nitrogens with one attached hydrogen (secondary N) is 2. The van der Waals surface area contributed by atoms with Crippen molar-refractivity contribution in [3.63, 3.8) is 0 Å². The highest BCUT2D eigenvalue weighted by molar-refractivity contribution is 6.11. The first-order chi connectivity index (χ1) is 16.4. The molecule has 34 heavy (non-hydrogen) atoms. The number of ether oxygens (including phenoxy) is 1. The minimum absolute atomic E-state index is 0.0960. The second kappa shape index (κ2) is 7.27. The number of aromatic amines is 2. The molecule has 0 aliphatic carbocycles. The SMILES string of the molecule is O=C(O)c1c(-c2ccc[nH]c2=O)c2c3c(c(F)cc2n1Cc1cc2cn[nH]c2cc1F)CCO3. The van der Waals surface area contributed by atoms with E-state index in [9.17, 15) is 19.1 Å². The number of carbonyl (C=O) groups is 1. The smallest absolute Gasteiger partial charge is 0.353 e. The van der Waals surface area contributed by atoms with Gasteiger partial charge in [-0.15, -0.1) is 0 Å². The number of rotatable bonds is 4. The van der Waals surface area contributed by atoms with Crippen LogP contribution in [0.25, 0.3) is 32.9 Å². The van der Waals surface area contributed by atoms with Crippen LogP contribution in [0.4, 0.5) is 8.78 Å². The summed E-state index contributed by atoms with van der Waals surface area (Å²) in [4.78, 5) is 27.8. The molecule has 3 N–H and O–H groups in total. The summed E-state index contributed by atoms with van der Waals surface area (Å²) in [6.45, 7) is 0.0172. The Labute approximate surface area is 189 Å². The summed E-state index contributed by atoms with van der Waals surface area (Å²) in [6.07, 6.45) is 3.28. The standard InChI is InChI=1S/C24H16F2N4O4/c25-15-7-17-11(9-28-29-17)6-12(15)10-30-18-8-16(26)13-3-5-34-22(13)20(18)19(21(30)24(32)33)14-2-1-4-27-23(14)31/h1-2,4,6-9H,3,5,10H2,(H,27,31)(H,28,29)(H,32,33). The van der Waals surface area contributed by atoms with Crippen LogP contribution < -0.4 is 10.3 Å². The lowest BCUT2D eigenvalue weighted by Crippen LogP contribution is -2.14. The van der Waals surface area contributed by atoms with E-state index >= 15 is 4.39 Å². The van der Waals surface area contributed by atoms with Crippen LogP contribution in [0.15, 0.2) is 47.5 Å². The fraction of sp³-hybridized carbons (Fsp3) is 0.125. The van der Waals surface area contributed by atoms with Gasteiger partial charge in [0, 0.05) is 34.7 Å². The lowest BCUT2D eigenvalue weighted by molar-refractivity contribution is 0.0687. The molecule has 10 heteroatoms. The number of halogens is 2. The molecule has 0 unspecified atom stereocenters. The lowest BCUT2D eigenvalue weighted by Gasteiger charge is -2.11. The van der Waals surface area contributed by atoms with Gasteiger partial charge < -0.3 is 19.4 Å². The van der Waals surface area contributed by atoms with Crippen LogP contribution in [0.1, 0.15) is 21.6 Å². The van der Waals surface area contributed by atoms with Crippen LogP contribution in [0.5, 0.6) is 5.75 Å². The fourth-order valence-corrected chi connectivity index (χ4v) is 4.70. The van der Waals surface area contributed by atoms with Gasteiger partial charge in [-0.2, -0.15) is 5.10 Å². The number of aromatic nitrogens is 4. The summed E-state index contributed by atoms with van der Waals surface area (Å²) in [5, 5.41) is 17.8. The number of nitrogens with zero attached hydrogens (tertiary/aromatic N) is 2. The predicted molar refractivity (Wildman–Crippen MR) is 119 cm³/mol. The summed E-state index contributed by atoms with van der Waals surface area (Å²) < 4.78 is 37.0. The Hall–Kier alpha value is -4.47. The molecule has 0 spiro atoms. The highest BCUT2D eigenvalue weighted by Crippen LogP contribution is 2.44. The first-order valence-corrected chi connectivity index (χ1v) is 10.5. The zero-order valence-corrected chi connectivity index (χ0v) is 17.5. The maximum absolute atomic E-state index is 15.0. The van der Waals surface area contributed by atoms with Gasteiger partial charge in [0.2, 0.25) is 0 Å². The maximum Gasteiger partial charge on any atom is 0.353 e. The van der Waals surface area contributed by atoms with Gasteiger partial charge in [0.15, 0.2) is 0 Å². The van der Waals surface area contributed by atoms with E-state index in [0.717, 1.165) is 0 Å². The highest BCUT2D eigenvalue weighted by Gasteiger charge is 2.32. The molecule has 0 radical (unpaired) electrons. The summed E-state index contributed by atoms with van der Waals surface area (Å²) >= 11 is 0. The largest absolute Gasteiger partial charge is 0.492 e. The van der Waals surface area contributed by atoms with Gasteiger partial charge in [0.25, 0.3) is 5.56 Å². The Bertz CT molecular complexity index is 1700. The Morgan fingerprint density at radius 3 is 2.88 bits per heavy atom. The molecule has 1 aliphatic heterocycles. The third-order valence-electron chi connectivity index (χ3n) is 6.18. The Morgan fingerprint density at radius 2 is 2.09 bits per heavy atom. The van der Waals surface area contributed by atoms with Crippen LogP contribution in [0, 0.1) is 11.6 Å². The molecule has 4 heterocycles. The zero-order valence-electron chi connectivity index (χ0n) is 17.5. The monoisotopic (exact) mass is 462 g/mol. The average Bonchev–Trinajstić information content (AvgIpc) is 3.52. The van der Waals surface area contributed by atoms with E-state index in [4.69, 9.17) is 4.74 Å². The average molecular weight is 462 g/mol. The van der Waals surface area contributed by atoms with Gasteiger partial charge in [-0.25, -0.2) is 13.6 Å². The molecule has 5 aromatic rings. The predicted octanol–water partition coefficient (Wildman–Crippen LogP) is 3.83. The third-order valence-corrected chi connectivity index (χ3v) is 6.18. The first kappa shape index (κ1) is 20.2. The summed E-state index contributed by atoms with van der Waals surface area (Å²) in [5.41, 5.74) is 0.620. The van der Waals surface area contributed by atoms with Gasteiger partial charge in [0.05, 0.1) is 41.3 Å². The molecule has 0 saturated heterocycles. The molecule has 8 nitrogen and oxygen atoms in total. The highest BCUT2D eigenvalue weighted by atomic mass is 19.1. The Kier molecular flexibility index (Phi) is 4.31. The lowest BCUT2D eigenvalue weighted by atomic mass is 10.00. The van der Waals surface area contributed by atoms with Crippen molar-refractivity contribution >= 4 is 27.8 Å². The summed E-state index contributed by atoms with van der Waals surface area (Å²) in [5.74, 6) is -2.26. The molecule has 0 atom stereocenters. The van der Waals surface area contributed by atoms with Crippen molar-refractivity contribution in [2.75, 3.05) is 6.61 Å². The van der Waals surface area contributed by atoms with Gasteiger partial charge in [-0.1, -0.05) is 0 Å². The molecule has 1 aliphatic rings. The van der Waals surface area contributed by atoms with Crippen LogP contribution >= 0.6 is 0 Å². The molecule has 0 saturated carbocycles. The molecule has 2 aromatic carbocycles. The molecule has 6 rings (SSSR count). The second-order valence-corrected chi connectivity index (χ2v) is 8.09. The molecule has 0 amide bonds. The number of hydrogen-bond acceptors (Lipinski definition) is 4. The quantitative estimate of drug-likeness (QED) is 0.376. The van der Waals surface area contributed by atoms with Crippen molar-refractivity contribution in [3.05, 3.63) is 81.5 Å². The van der Waals surface area contributed by atoms with Crippen molar-refractivity contribution < 1.29 is 23.4 Å². The number of carboxylic acid groups (broad SMARTS) is 1. The number of aromatic carboxylic acids is 1. The van der Waals surface area contributed by atoms with Gasteiger partial charge in [0.1, 0.15) is 23.1 Å². The number of carboxylic acids is 1. The van der Waals surface area contributed by atoms with E-state index in [1.807, 2.05) is 0 Å². The van der Waals surface area contributed by atoms with Crippen molar-refractivity contribution in [1.82, 2.24) is 19.7 Å². The molecule has 3 aromatic heterocycles. The molecule has 0 fully saturated rings. The van der Waals surface area contributed by atoms with Crippen LogP contribution in [-0.2, 0) is 13.0 Å². The molecular weight excluding hydrogens is 446 g/mol. The topological polar surface area (TPSA) is 113 Å². The van der Waals surface area contributed by atoms with E-state index in [0.29, 0.717) is 28.3 Å². The zero-order chi connectivity index (χ0) is 23.6. The first-order valence-electron chi connectivity index (χ1n) is 10.5. The van der Waals surface area contributed by atoms with E-state index < -0.39 is 23.2 Å². The van der Waals surface area contributed by atoms with E-state index in [1.165, 1.54) is 35.2 Å². The van der Waals surface area contributed by atoms with E-state index in [2.05, 4.69) is 15.2 Å². The molecule has 170 valence electrons. The summed E-state index contributed by atoms with van der Waals surface area (Å²) in [7, 11) is 0. The third kappa shape index (κ3) is 2.84. The van der Waals surface area contributed by atoms with Crippen molar-refractivity contribution in [2.24, 2.45) is 0 Å². The normalized spacial score (nSPS) is 12.9. The van der Waals surface area contributed by atoms with Crippen molar-refractivity contribution in [3.8, 4) is 16.9 Å². The number of hydrogen-bond donors (Lipinski definition) is 3. The summed E-state index contributed by atoms with van der Waals surface area (Å²) in [6, 6.07) is 7.12. The van der Waals surface area contributed by atoms with Gasteiger partial charge >= 0.3 is 5.97 Å². The number of H-pyrrole nitrogens is 2. The van der Waals surface area contributed by atoms with Crippen molar-refractivity contribution in [2.45, 2.75) is 13.0 Å². The minimum atomic E-state index is -1.34. The minimum Gasteiger partial charge on any atom is -0.492 e. The van der Waals surface area contributed by atoms with Crippen LogP contribution in [0.2, 0.25) is 0 Å². The number of benzene rings is 2. The van der Waals surface area contributed by atoms with Gasteiger partial charge in [-0.3, -0.25) is 9.89 Å². The second-order valence-electron chi connectivity index (χ2n) is 8.09. The molecule has 0 bridgehead atoms. The van der Waals surface area contributed by atoms with E-state index in [1.54, 1.807) is 12.1 Å². The van der Waals surface area contributed by atoms with Crippen LogP contribution in [-0.4, -0.2) is 37.4 Å². The van der Waals surface area contributed by atoms with Gasteiger partial charge in [-0.05, 0) is 30.3 Å². The Balaban J connectivity index is 1.72. The van der Waals surface area contributed by atoms with Crippen molar-refractivity contribution in [1.29, 1.82) is 0 Å². The van der Waals surface area contributed by atoms with E-state index in [-0.39, 0.29) is 46.8 Å². The number of fused-ring (bicyclic) bond motifs is 4. The number of pyridine rings is 1. The maximum atomic E-state index is 15.0. The molecular formula is C24H16F2N4O4. The fourth-order valence-electron chi connectivity index (χ4n) is 4.70.